The Bertz CT molecular complexity index is 790. The van der Waals surface area contributed by atoms with E-state index in [1.807, 2.05) is 36.4 Å². The molecule has 6 nitrogen and oxygen atoms in total. The maximum Gasteiger partial charge on any atom is 0.407 e. The summed E-state index contributed by atoms with van der Waals surface area (Å²) in [5, 5.41) is 6.47. The first-order valence-electron chi connectivity index (χ1n) is 9.85. The summed E-state index contributed by atoms with van der Waals surface area (Å²) in [5.74, 6) is 1.67. The van der Waals surface area contributed by atoms with Gasteiger partial charge in [-0.05, 0) is 49.1 Å². The number of rotatable bonds is 7. The lowest BCUT2D eigenvalue weighted by Crippen LogP contribution is -2.52. The van der Waals surface area contributed by atoms with E-state index >= 15 is 0 Å². The molecular weight excluding hydrogens is 356 g/mol. The molecule has 0 unspecified atom stereocenters. The van der Waals surface area contributed by atoms with E-state index < -0.39 is 0 Å². The van der Waals surface area contributed by atoms with Crippen molar-refractivity contribution < 1.29 is 19.0 Å². The summed E-state index contributed by atoms with van der Waals surface area (Å²) in [7, 11) is 0. The van der Waals surface area contributed by atoms with Gasteiger partial charge in [-0.25, -0.2) is 4.79 Å². The number of ether oxygens (including phenoxy) is 3. The van der Waals surface area contributed by atoms with Gasteiger partial charge in [0.15, 0.2) is 11.5 Å². The molecule has 0 bridgehead atoms. The van der Waals surface area contributed by atoms with Crippen molar-refractivity contribution in [2.75, 3.05) is 19.8 Å². The topological polar surface area (TPSA) is 68.8 Å². The fourth-order valence-corrected chi connectivity index (χ4v) is 3.50. The lowest BCUT2D eigenvalue weighted by atomic mass is 9.87. The van der Waals surface area contributed by atoms with E-state index in [1.165, 1.54) is 5.56 Å². The van der Waals surface area contributed by atoms with Crippen LogP contribution < -0.4 is 20.1 Å². The minimum atomic E-state index is -0.344. The molecule has 2 N–H and O–H groups in total. The zero-order chi connectivity index (χ0) is 19.2. The van der Waals surface area contributed by atoms with Crippen molar-refractivity contribution >= 4 is 6.09 Å². The van der Waals surface area contributed by atoms with Gasteiger partial charge in [-0.1, -0.05) is 36.4 Å². The van der Waals surface area contributed by atoms with Crippen LogP contribution in [0.5, 0.6) is 11.5 Å². The third-order valence-electron chi connectivity index (χ3n) is 5.13. The Hall–Kier alpha value is -2.73. The van der Waals surface area contributed by atoms with Gasteiger partial charge in [0.1, 0.15) is 19.8 Å². The van der Waals surface area contributed by atoms with Crippen LogP contribution in [0.1, 0.15) is 24.0 Å². The summed E-state index contributed by atoms with van der Waals surface area (Å²) in [6.07, 6.45) is 2.46. The molecule has 2 aliphatic rings. The third-order valence-corrected chi connectivity index (χ3v) is 5.13. The van der Waals surface area contributed by atoms with Gasteiger partial charge < -0.3 is 24.8 Å². The van der Waals surface area contributed by atoms with Crippen LogP contribution in [0.15, 0.2) is 48.5 Å². The first-order valence-corrected chi connectivity index (χ1v) is 9.85. The standard InChI is InChI=1S/C22H26N2O4/c25-22(28-15-17-4-2-1-3-5-17)24-19-13-18(14-19)23-9-8-16-6-7-20-21(12-16)27-11-10-26-20/h1-7,12,18-19,23H,8-11,13-15H2,(H,24,25). The molecule has 0 aromatic heterocycles. The van der Waals surface area contributed by atoms with Crippen LogP contribution in [0.4, 0.5) is 4.79 Å². The Kier molecular flexibility index (Phi) is 5.97. The van der Waals surface area contributed by atoms with Gasteiger partial charge in [-0.15, -0.1) is 0 Å². The van der Waals surface area contributed by atoms with Crippen molar-refractivity contribution in [2.45, 2.75) is 38.0 Å². The summed E-state index contributed by atoms with van der Waals surface area (Å²) < 4.78 is 16.4. The van der Waals surface area contributed by atoms with Crippen molar-refractivity contribution in [1.82, 2.24) is 10.6 Å². The maximum absolute atomic E-state index is 11.9. The number of fused-ring (bicyclic) bond motifs is 1. The minimum Gasteiger partial charge on any atom is -0.486 e. The summed E-state index contributed by atoms with van der Waals surface area (Å²) in [6, 6.07) is 16.5. The van der Waals surface area contributed by atoms with Crippen LogP contribution in [-0.2, 0) is 17.8 Å². The van der Waals surface area contributed by atoms with Crippen LogP contribution >= 0.6 is 0 Å². The van der Waals surface area contributed by atoms with Gasteiger partial charge >= 0.3 is 6.09 Å². The lowest BCUT2D eigenvalue weighted by molar-refractivity contribution is 0.125. The van der Waals surface area contributed by atoms with E-state index in [-0.39, 0.29) is 12.1 Å². The highest BCUT2D eigenvalue weighted by Crippen LogP contribution is 2.30. The smallest absolute Gasteiger partial charge is 0.407 e. The zero-order valence-corrected chi connectivity index (χ0v) is 15.9. The predicted molar refractivity (Wildman–Crippen MR) is 106 cm³/mol. The number of carbonyl (C=O) groups excluding carboxylic acids is 1. The molecule has 0 atom stereocenters. The molecule has 1 aliphatic heterocycles. The molecule has 2 aromatic carbocycles. The van der Waals surface area contributed by atoms with Gasteiger partial charge in [0, 0.05) is 12.1 Å². The number of hydrogen-bond acceptors (Lipinski definition) is 5. The number of nitrogens with one attached hydrogen (secondary N) is 2. The highest BCUT2D eigenvalue weighted by atomic mass is 16.6. The van der Waals surface area contributed by atoms with E-state index in [0.717, 1.165) is 42.9 Å². The van der Waals surface area contributed by atoms with Gasteiger partial charge in [-0.3, -0.25) is 0 Å². The SMILES string of the molecule is O=C(NC1CC(NCCc2ccc3c(c2)OCCO3)C1)OCc1ccccc1. The van der Waals surface area contributed by atoms with E-state index in [1.54, 1.807) is 0 Å². The number of carbonyl (C=O) groups is 1. The van der Waals surface area contributed by atoms with Crippen LogP contribution in [0, 0.1) is 0 Å². The second-order valence-corrected chi connectivity index (χ2v) is 7.25. The molecule has 1 aliphatic carbocycles. The van der Waals surface area contributed by atoms with Crippen LogP contribution in [0.25, 0.3) is 0 Å². The van der Waals surface area contributed by atoms with Crippen LogP contribution in [-0.4, -0.2) is 37.9 Å². The second-order valence-electron chi connectivity index (χ2n) is 7.25. The normalized spacial score (nSPS) is 20.1. The van der Waals surface area contributed by atoms with Crippen molar-refractivity contribution in [3.05, 3.63) is 59.7 Å². The molecule has 0 spiro atoms. The average molecular weight is 382 g/mol. The van der Waals surface area contributed by atoms with Crippen molar-refractivity contribution in [3.63, 3.8) is 0 Å². The summed E-state index contributed by atoms with van der Waals surface area (Å²) in [6.45, 7) is 2.43. The lowest BCUT2D eigenvalue weighted by Gasteiger charge is -2.36. The molecule has 1 fully saturated rings. The highest BCUT2D eigenvalue weighted by Gasteiger charge is 2.30. The second kappa shape index (κ2) is 8.97. The summed E-state index contributed by atoms with van der Waals surface area (Å²) in [4.78, 5) is 11.9. The third kappa shape index (κ3) is 4.95. The Morgan fingerprint density at radius 3 is 2.57 bits per heavy atom. The molecule has 1 heterocycles. The van der Waals surface area contributed by atoms with E-state index in [0.29, 0.717) is 25.9 Å². The molecule has 4 rings (SSSR count). The Morgan fingerprint density at radius 2 is 1.75 bits per heavy atom. The van der Waals surface area contributed by atoms with Crippen molar-refractivity contribution in [1.29, 1.82) is 0 Å². The highest BCUT2D eigenvalue weighted by molar-refractivity contribution is 5.67. The molecule has 2 aromatic rings. The molecule has 1 saturated carbocycles. The fourth-order valence-electron chi connectivity index (χ4n) is 3.50. The van der Waals surface area contributed by atoms with Crippen LogP contribution in [0.3, 0.4) is 0 Å². The summed E-state index contributed by atoms with van der Waals surface area (Å²) >= 11 is 0. The first kappa shape index (κ1) is 18.6. The minimum absolute atomic E-state index is 0.190. The van der Waals surface area contributed by atoms with E-state index in [2.05, 4.69) is 22.8 Å². The Morgan fingerprint density at radius 1 is 0.964 bits per heavy atom. The fraction of sp³-hybridized carbons (Fsp3) is 0.409. The van der Waals surface area contributed by atoms with Gasteiger partial charge in [0.2, 0.25) is 0 Å². The number of amides is 1. The Balaban J connectivity index is 1.10. The number of hydrogen-bond donors (Lipinski definition) is 2. The average Bonchev–Trinajstić information content (AvgIpc) is 2.71. The van der Waals surface area contributed by atoms with E-state index in [4.69, 9.17) is 14.2 Å². The molecule has 148 valence electrons. The van der Waals surface area contributed by atoms with Crippen LogP contribution in [0.2, 0.25) is 0 Å². The van der Waals surface area contributed by atoms with Crippen molar-refractivity contribution in [2.24, 2.45) is 0 Å². The predicted octanol–water partition coefficient (Wildman–Crippen LogP) is 3.05. The van der Waals surface area contributed by atoms with E-state index in [9.17, 15) is 4.79 Å². The summed E-state index contributed by atoms with van der Waals surface area (Å²) in [5.41, 5.74) is 2.22. The van der Waals surface area contributed by atoms with Gasteiger partial charge in [-0.2, -0.15) is 0 Å². The molecule has 6 heteroatoms. The monoisotopic (exact) mass is 382 g/mol. The Labute approximate surface area is 165 Å². The molecule has 28 heavy (non-hydrogen) atoms. The first-order chi connectivity index (χ1) is 13.8. The molecule has 1 amide bonds. The maximum atomic E-state index is 11.9. The number of alkyl carbamates (subject to hydrolysis) is 1. The molecule has 0 radical (unpaired) electrons. The van der Waals surface area contributed by atoms with Gasteiger partial charge in [0.05, 0.1) is 0 Å². The quantitative estimate of drug-likeness (QED) is 0.770. The van der Waals surface area contributed by atoms with Crippen molar-refractivity contribution in [3.8, 4) is 11.5 Å². The van der Waals surface area contributed by atoms with Gasteiger partial charge in [0.25, 0.3) is 0 Å². The largest absolute Gasteiger partial charge is 0.486 e. The molecular formula is C22H26N2O4. The molecule has 0 saturated heterocycles. The number of benzene rings is 2. The zero-order valence-electron chi connectivity index (χ0n) is 15.9.